The summed E-state index contributed by atoms with van der Waals surface area (Å²) >= 11 is 0. The zero-order valence-corrected chi connectivity index (χ0v) is 19.9. The van der Waals surface area contributed by atoms with Crippen LogP contribution in [0.3, 0.4) is 0 Å². The molecule has 1 N–H and O–H groups in total. The molecule has 1 aliphatic heterocycles. The van der Waals surface area contributed by atoms with Crippen molar-refractivity contribution in [2.45, 2.75) is 32.5 Å². The molecule has 1 saturated heterocycles. The van der Waals surface area contributed by atoms with Crippen LogP contribution in [0.1, 0.15) is 39.9 Å². The number of halogens is 3. The summed E-state index contributed by atoms with van der Waals surface area (Å²) in [6, 6.07) is 17.9. The van der Waals surface area contributed by atoms with Gasteiger partial charge in [0.15, 0.2) is 0 Å². The van der Waals surface area contributed by atoms with E-state index in [1.807, 2.05) is 25.3 Å². The lowest BCUT2D eigenvalue weighted by molar-refractivity contribution is -0.137. The second kappa shape index (κ2) is 9.74. The number of hydrogen-bond donors (Lipinski definition) is 1. The van der Waals surface area contributed by atoms with Crippen molar-refractivity contribution < 1.29 is 18.0 Å². The lowest BCUT2D eigenvalue weighted by Gasteiger charge is -2.15. The SMILES string of the molecule is Cc1cc2cc(CN3CCCC3)cnc2cc1NC(=O)c1ccc(-c2ccc(C(F)(F)F)cc2)cc1. The van der Waals surface area contributed by atoms with Crippen molar-refractivity contribution in [1.82, 2.24) is 9.88 Å². The molecule has 0 aliphatic carbocycles. The Morgan fingerprint density at radius 2 is 1.58 bits per heavy atom. The summed E-state index contributed by atoms with van der Waals surface area (Å²) in [4.78, 5) is 20.0. The zero-order chi connectivity index (χ0) is 25.3. The zero-order valence-electron chi connectivity index (χ0n) is 19.9. The molecule has 5 rings (SSSR count). The van der Waals surface area contributed by atoms with E-state index in [9.17, 15) is 18.0 Å². The normalized spacial score (nSPS) is 14.3. The molecule has 4 nitrogen and oxygen atoms in total. The van der Waals surface area contributed by atoms with Gasteiger partial charge in [-0.1, -0.05) is 24.3 Å². The Morgan fingerprint density at radius 1 is 0.944 bits per heavy atom. The summed E-state index contributed by atoms with van der Waals surface area (Å²) in [6.07, 6.45) is 0.0379. The molecular formula is C29H26F3N3O. The number of anilines is 1. The number of aromatic nitrogens is 1. The second-order valence-corrected chi connectivity index (χ2v) is 9.29. The van der Waals surface area contributed by atoms with Gasteiger partial charge in [-0.25, -0.2) is 0 Å². The van der Waals surface area contributed by atoms with Gasteiger partial charge in [0.2, 0.25) is 0 Å². The van der Waals surface area contributed by atoms with Gasteiger partial charge in [0.25, 0.3) is 5.91 Å². The molecule has 0 spiro atoms. The average Bonchev–Trinajstić information content (AvgIpc) is 3.37. The first-order valence-corrected chi connectivity index (χ1v) is 12.0. The summed E-state index contributed by atoms with van der Waals surface area (Å²) in [5.74, 6) is -0.262. The number of likely N-dealkylation sites (tertiary alicyclic amines) is 1. The minimum atomic E-state index is -4.37. The Morgan fingerprint density at radius 3 is 2.22 bits per heavy atom. The first-order chi connectivity index (χ1) is 17.3. The summed E-state index contributed by atoms with van der Waals surface area (Å²) in [6.45, 7) is 5.12. The molecule has 0 saturated carbocycles. The summed E-state index contributed by atoms with van der Waals surface area (Å²) in [5.41, 5.74) is 4.79. The van der Waals surface area contributed by atoms with Crippen LogP contribution in [0.15, 0.2) is 72.9 Å². The van der Waals surface area contributed by atoms with E-state index in [0.717, 1.165) is 53.8 Å². The number of aryl methyl sites for hydroxylation is 1. The van der Waals surface area contributed by atoms with Crippen molar-refractivity contribution in [3.8, 4) is 11.1 Å². The molecule has 3 aromatic carbocycles. The lowest BCUT2D eigenvalue weighted by Crippen LogP contribution is -2.18. The molecule has 1 aliphatic rings. The van der Waals surface area contributed by atoms with E-state index in [4.69, 9.17) is 0 Å². The Bertz CT molecular complexity index is 1390. The van der Waals surface area contributed by atoms with Gasteiger partial charge >= 0.3 is 6.18 Å². The van der Waals surface area contributed by atoms with Gasteiger partial charge in [0.1, 0.15) is 0 Å². The molecule has 0 radical (unpaired) electrons. The van der Waals surface area contributed by atoms with E-state index >= 15 is 0 Å². The minimum absolute atomic E-state index is 0.262. The van der Waals surface area contributed by atoms with Gasteiger partial charge in [-0.05, 0) is 97.6 Å². The number of carbonyl (C=O) groups is 1. The lowest BCUT2D eigenvalue weighted by atomic mass is 10.0. The van der Waals surface area contributed by atoms with E-state index in [2.05, 4.69) is 21.3 Å². The minimum Gasteiger partial charge on any atom is -0.322 e. The second-order valence-electron chi connectivity index (χ2n) is 9.29. The van der Waals surface area contributed by atoms with Gasteiger partial charge in [0, 0.05) is 29.4 Å². The number of alkyl halides is 3. The Balaban J connectivity index is 1.29. The van der Waals surface area contributed by atoms with Crippen molar-refractivity contribution in [2.24, 2.45) is 0 Å². The number of nitrogens with one attached hydrogen (secondary N) is 1. The van der Waals surface area contributed by atoms with Crippen molar-refractivity contribution in [2.75, 3.05) is 18.4 Å². The summed E-state index contributed by atoms with van der Waals surface area (Å²) in [7, 11) is 0. The number of rotatable bonds is 5. The van der Waals surface area contributed by atoms with Crippen molar-refractivity contribution in [3.63, 3.8) is 0 Å². The van der Waals surface area contributed by atoms with Crippen molar-refractivity contribution in [3.05, 3.63) is 95.2 Å². The van der Waals surface area contributed by atoms with E-state index in [0.29, 0.717) is 16.8 Å². The molecule has 36 heavy (non-hydrogen) atoms. The van der Waals surface area contributed by atoms with Gasteiger partial charge in [-0.3, -0.25) is 14.7 Å². The van der Waals surface area contributed by atoms with E-state index in [1.54, 1.807) is 24.3 Å². The van der Waals surface area contributed by atoms with E-state index < -0.39 is 11.7 Å². The number of hydrogen-bond acceptors (Lipinski definition) is 3. The highest BCUT2D eigenvalue weighted by molar-refractivity contribution is 6.05. The van der Waals surface area contributed by atoms with E-state index in [1.165, 1.54) is 30.5 Å². The maximum Gasteiger partial charge on any atom is 0.416 e. The van der Waals surface area contributed by atoms with Crippen LogP contribution in [0.25, 0.3) is 22.0 Å². The molecule has 184 valence electrons. The van der Waals surface area contributed by atoms with E-state index in [-0.39, 0.29) is 5.91 Å². The third-order valence-corrected chi connectivity index (χ3v) is 6.63. The number of pyridine rings is 1. The van der Waals surface area contributed by atoms with Crippen molar-refractivity contribution >= 4 is 22.5 Å². The standard InChI is InChI=1S/C29H26F3N3O/c1-19-14-24-15-20(18-35-12-2-3-13-35)17-33-27(24)16-26(19)34-28(36)23-6-4-21(5-7-23)22-8-10-25(11-9-22)29(30,31)32/h4-11,14-17H,2-3,12-13,18H2,1H3,(H,34,36). The molecule has 1 amide bonds. The molecule has 4 aromatic rings. The van der Waals surface area contributed by atoms with Crippen LogP contribution in [0.2, 0.25) is 0 Å². The fourth-order valence-electron chi connectivity index (χ4n) is 4.62. The average molecular weight is 490 g/mol. The maximum absolute atomic E-state index is 12.9. The van der Waals surface area contributed by atoms with Crippen LogP contribution >= 0.6 is 0 Å². The monoisotopic (exact) mass is 489 g/mol. The molecule has 0 unspecified atom stereocenters. The van der Waals surface area contributed by atoms with Crippen LogP contribution in [0.4, 0.5) is 18.9 Å². The van der Waals surface area contributed by atoms with Gasteiger partial charge in [-0.15, -0.1) is 0 Å². The smallest absolute Gasteiger partial charge is 0.322 e. The summed E-state index contributed by atoms with van der Waals surface area (Å²) < 4.78 is 38.4. The fourth-order valence-corrected chi connectivity index (χ4v) is 4.62. The van der Waals surface area contributed by atoms with Crippen LogP contribution in [-0.4, -0.2) is 28.9 Å². The topological polar surface area (TPSA) is 45.2 Å². The predicted octanol–water partition coefficient (Wildman–Crippen LogP) is 7.08. The number of benzene rings is 3. The number of carbonyl (C=O) groups excluding carboxylic acids is 1. The fraction of sp³-hybridized carbons (Fsp3) is 0.241. The number of amides is 1. The van der Waals surface area contributed by atoms with Crippen LogP contribution in [-0.2, 0) is 12.7 Å². The Hall–Kier alpha value is -3.71. The third kappa shape index (κ3) is 5.26. The number of fused-ring (bicyclic) bond motifs is 1. The quantitative estimate of drug-likeness (QED) is 0.326. The van der Waals surface area contributed by atoms with Gasteiger partial charge in [0.05, 0.1) is 11.1 Å². The van der Waals surface area contributed by atoms with Crippen molar-refractivity contribution in [1.29, 1.82) is 0 Å². The Kier molecular flexibility index (Phi) is 6.49. The summed E-state index contributed by atoms with van der Waals surface area (Å²) in [5, 5.41) is 4.01. The maximum atomic E-state index is 12.9. The first-order valence-electron chi connectivity index (χ1n) is 12.0. The molecule has 1 fully saturated rings. The van der Waals surface area contributed by atoms with Crippen LogP contribution in [0, 0.1) is 6.92 Å². The van der Waals surface area contributed by atoms with Crippen LogP contribution in [0.5, 0.6) is 0 Å². The molecule has 1 aromatic heterocycles. The third-order valence-electron chi connectivity index (χ3n) is 6.63. The highest BCUT2D eigenvalue weighted by atomic mass is 19.4. The predicted molar refractivity (Wildman–Crippen MR) is 136 cm³/mol. The molecule has 0 atom stereocenters. The number of nitrogens with zero attached hydrogens (tertiary/aromatic N) is 2. The molecule has 2 heterocycles. The highest BCUT2D eigenvalue weighted by Gasteiger charge is 2.30. The molecule has 7 heteroatoms. The first kappa shape index (κ1) is 24.0. The van der Waals surface area contributed by atoms with Gasteiger partial charge < -0.3 is 5.32 Å². The largest absolute Gasteiger partial charge is 0.416 e. The highest BCUT2D eigenvalue weighted by Crippen LogP contribution is 2.31. The van der Waals surface area contributed by atoms with Gasteiger partial charge in [-0.2, -0.15) is 13.2 Å². The molecule has 0 bridgehead atoms. The van der Waals surface area contributed by atoms with Crippen LogP contribution < -0.4 is 5.32 Å². The Labute approximate surface area is 207 Å². The molecular weight excluding hydrogens is 463 g/mol.